The summed E-state index contributed by atoms with van der Waals surface area (Å²) in [5.41, 5.74) is 0.668. The van der Waals surface area contributed by atoms with E-state index in [0.29, 0.717) is 10.7 Å². The van der Waals surface area contributed by atoms with Gasteiger partial charge in [-0.15, -0.1) is 11.8 Å². The Morgan fingerprint density at radius 2 is 2.27 bits per heavy atom. The molecule has 1 heterocycles. The van der Waals surface area contributed by atoms with E-state index < -0.39 is 0 Å². The molecule has 80 valence electrons. The maximum Gasteiger partial charge on any atom is 0.322 e. The number of hydrogen-bond acceptors (Lipinski definition) is 2. The van der Waals surface area contributed by atoms with Crippen LogP contribution in [0.4, 0.5) is 10.5 Å². The average molecular weight is 243 g/mol. The summed E-state index contributed by atoms with van der Waals surface area (Å²) in [5, 5.41) is 3.36. The number of thioether (sulfide) groups is 1. The lowest BCUT2D eigenvalue weighted by Gasteiger charge is -2.15. The minimum absolute atomic E-state index is 0.0758. The molecule has 0 bridgehead atoms. The number of carbonyl (C=O) groups excluding carboxylic acids is 1. The van der Waals surface area contributed by atoms with Gasteiger partial charge in [-0.05, 0) is 12.1 Å². The van der Waals surface area contributed by atoms with Crippen LogP contribution in [0.2, 0.25) is 5.02 Å². The van der Waals surface area contributed by atoms with E-state index in [9.17, 15) is 4.79 Å². The van der Waals surface area contributed by atoms with Crippen LogP contribution in [0.5, 0.6) is 0 Å². The topological polar surface area (TPSA) is 32.3 Å². The molecule has 1 aromatic carbocycles. The first-order chi connectivity index (χ1) is 7.27. The van der Waals surface area contributed by atoms with Crippen molar-refractivity contribution in [3.63, 3.8) is 0 Å². The smallest absolute Gasteiger partial charge is 0.314 e. The summed E-state index contributed by atoms with van der Waals surface area (Å²) >= 11 is 7.69. The molecule has 0 radical (unpaired) electrons. The highest BCUT2D eigenvalue weighted by atomic mass is 35.5. The van der Waals surface area contributed by atoms with Crippen molar-refractivity contribution in [2.45, 2.75) is 0 Å². The van der Waals surface area contributed by atoms with Gasteiger partial charge in [0.2, 0.25) is 0 Å². The van der Waals surface area contributed by atoms with E-state index in [1.54, 1.807) is 28.8 Å². The molecule has 1 fully saturated rings. The fraction of sp³-hybridized carbons (Fsp3) is 0.300. The highest BCUT2D eigenvalue weighted by molar-refractivity contribution is 7.99. The lowest BCUT2D eigenvalue weighted by molar-refractivity contribution is 0.225. The van der Waals surface area contributed by atoms with Gasteiger partial charge in [0.25, 0.3) is 0 Å². The Balaban J connectivity index is 2.02. The van der Waals surface area contributed by atoms with Crippen LogP contribution in [0.1, 0.15) is 0 Å². The average Bonchev–Trinajstić information content (AvgIpc) is 2.74. The highest BCUT2D eigenvalue weighted by Crippen LogP contribution is 2.22. The van der Waals surface area contributed by atoms with E-state index in [1.807, 2.05) is 12.1 Å². The molecule has 2 amide bonds. The van der Waals surface area contributed by atoms with Crippen molar-refractivity contribution in [1.82, 2.24) is 4.90 Å². The first-order valence-electron chi connectivity index (χ1n) is 4.65. The summed E-state index contributed by atoms with van der Waals surface area (Å²) < 4.78 is 0. The van der Waals surface area contributed by atoms with E-state index in [4.69, 9.17) is 11.6 Å². The predicted octanol–water partition coefficient (Wildman–Crippen LogP) is 2.88. The SMILES string of the molecule is O=C(Nc1ccccc1Cl)N1CCSC1. The molecule has 5 heteroatoms. The van der Waals surface area contributed by atoms with Crippen LogP contribution in [-0.2, 0) is 0 Å². The lowest BCUT2D eigenvalue weighted by atomic mass is 10.3. The van der Waals surface area contributed by atoms with Crippen molar-refractivity contribution < 1.29 is 4.79 Å². The van der Waals surface area contributed by atoms with Crippen molar-refractivity contribution in [3.8, 4) is 0 Å². The van der Waals surface area contributed by atoms with Crippen LogP contribution in [0.15, 0.2) is 24.3 Å². The summed E-state index contributed by atoms with van der Waals surface area (Å²) in [4.78, 5) is 13.5. The third-order valence-corrected chi connectivity index (χ3v) is 3.45. The molecule has 1 N–H and O–H groups in total. The predicted molar refractivity (Wildman–Crippen MR) is 64.5 cm³/mol. The van der Waals surface area contributed by atoms with E-state index in [1.165, 1.54) is 0 Å². The first kappa shape index (κ1) is 10.6. The number of hydrogen-bond donors (Lipinski definition) is 1. The summed E-state index contributed by atoms with van der Waals surface area (Å²) in [5.74, 6) is 1.77. The van der Waals surface area contributed by atoms with Crippen LogP contribution < -0.4 is 5.32 Å². The second-order valence-electron chi connectivity index (χ2n) is 3.21. The third-order valence-electron chi connectivity index (χ3n) is 2.16. The minimum Gasteiger partial charge on any atom is -0.314 e. The van der Waals surface area contributed by atoms with Crippen molar-refractivity contribution in [2.24, 2.45) is 0 Å². The van der Waals surface area contributed by atoms with E-state index in [2.05, 4.69) is 5.32 Å². The van der Waals surface area contributed by atoms with Crippen molar-refractivity contribution >= 4 is 35.1 Å². The van der Waals surface area contributed by atoms with Crippen LogP contribution in [0.3, 0.4) is 0 Å². The number of halogens is 1. The van der Waals surface area contributed by atoms with Gasteiger partial charge in [0, 0.05) is 12.3 Å². The van der Waals surface area contributed by atoms with Crippen molar-refractivity contribution in [3.05, 3.63) is 29.3 Å². The number of para-hydroxylation sites is 1. The monoisotopic (exact) mass is 242 g/mol. The van der Waals surface area contributed by atoms with E-state index in [0.717, 1.165) is 18.2 Å². The van der Waals surface area contributed by atoms with Gasteiger partial charge in [0.05, 0.1) is 16.6 Å². The van der Waals surface area contributed by atoms with Crippen LogP contribution in [0, 0.1) is 0 Å². The maximum absolute atomic E-state index is 11.7. The molecule has 0 aliphatic carbocycles. The van der Waals surface area contributed by atoms with Crippen molar-refractivity contribution in [2.75, 3.05) is 23.5 Å². The summed E-state index contributed by atoms with van der Waals surface area (Å²) in [6.45, 7) is 0.807. The zero-order valence-electron chi connectivity index (χ0n) is 8.07. The van der Waals surface area contributed by atoms with Gasteiger partial charge in [-0.3, -0.25) is 0 Å². The molecule has 0 saturated carbocycles. The number of nitrogens with one attached hydrogen (secondary N) is 1. The molecule has 1 saturated heterocycles. The summed E-state index contributed by atoms with van der Waals surface area (Å²) in [7, 11) is 0. The number of rotatable bonds is 1. The number of benzene rings is 1. The Bertz CT molecular complexity index is 366. The zero-order valence-corrected chi connectivity index (χ0v) is 9.64. The van der Waals surface area contributed by atoms with Crippen LogP contribution in [0.25, 0.3) is 0 Å². The Morgan fingerprint density at radius 1 is 1.47 bits per heavy atom. The molecule has 15 heavy (non-hydrogen) atoms. The number of nitrogens with zero attached hydrogens (tertiary/aromatic N) is 1. The summed E-state index contributed by atoms with van der Waals surface area (Å²) in [6.07, 6.45) is 0. The number of anilines is 1. The maximum atomic E-state index is 11.7. The quantitative estimate of drug-likeness (QED) is 0.821. The number of carbonyl (C=O) groups is 1. The molecule has 0 aromatic heterocycles. The molecule has 1 aliphatic heterocycles. The van der Waals surface area contributed by atoms with Gasteiger partial charge in [-0.1, -0.05) is 23.7 Å². The van der Waals surface area contributed by atoms with Gasteiger partial charge in [-0.2, -0.15) is 0 Å². The molecule has 0 spiro atoms. The van der Waals surface area contributed by atoms with Crippen LogP contribution in [-0.4, -0.2) is 29.1 Å². The second kappa shape index (κ2) is 4.77. The molecule has 1 aliphatic rings. The fourth-order valence-electron chi connectivity index (χ4n) is 1.33. The van der Waals surface area contributed by atoms with Crippen LogP contribution >= 0.6 is 23.4 Å². The summed E-state index contributed by atoms with van der Waals surface area (Å²) in [6, 6.07) is 7.16. The Morgan fingerprint density at radius 3 is 2.93 bits per heavy atom. The molecule has 0 unspecified atom stereocenters. The fourth-order valence-corrected chi connectivity index (χ4v) is 2.46. The largest absolute Gasteiger partial charge is 0.322 e. The number of urea groups is 1. The Hall–Kier alpha value is -0.870. The Labute approximate surface area is 97.8 Å². The van der Waals surface area contributed by atoms with E-state index >= 15 is 0 Å². The third kappa shape index (κ3) is 2.58. The standard InChI is InChI=1S/C10H11ClN2OS/c11-8-3-1-2-4-9(8)12-10(14)13-5-6-15-7-13/h1-4H,5-7H2,(H,12,14). The Kier molecular flexibility index (Phi) is 3.38. The zero-order chi connectivity index (χ0) is 10.7. The molecule has 0 atom stereocenters. The highest BCUT2D eigenvalue weighted by Gasteiger charge is 2.18. The molecule has 1 aromatic rings. The second-order valence-corrected chi connectivity index (χ2v) is 4.69. The molecular weight excluding hydrogens is 232 g/mol. The van der Waals surface area contributed by atoms with E-state index in [-0.39, 0.29) is 6.03 Å². The lowest BCUT2D eigenvalue weighted by Crippen LogP contribution is -2.32. The minimum atomic E-state index is -0.0758. The van der Waals surface area contributed by atoms with Gasteiger partial charge in [-0.25, -0.2) is 4.79 Å². The van der Waals surface area contributed by atoms with Gasteiger partial charge in [0.15, 0.2) is 0 Å². The van der Waals surface area contributed by atoms with Crippen molar-refractivity contribution in [1.29, 1.82) is 0 Å². The van der Waals surface area contributed by atoms with Gasteiger partial charge < -0.3 is 10.2 Å². The van der Waals surface area contributed by atoms with Gasteiger partial charge in [0.1, 0.15) is 0 Å². The number of amides is 2. The molecule has 3 nitrogen and oxygen atoms in total. The van der Waals surface area contributed by atoms with Gasteiger partial charge >= 0.3 is 6.03 Å². The normalized spacial score (nSPS) is 15.4. The molecular formula is C10H11ClN2OS. The molecule has 2 rings (SSSR count). The first-order valence-corrected chi connectivity index (χ1v) is 6.19.